The van der Waals surface area contributed by atoms with Crippen LogP contribution >= 0.6 is 0 Å². The lowest BCUT2D eigenvalue weighted by atomic mass is 9.84. The lowest BCUT2D eigenvalue weighted by Crippen LogP contribution is -2.13. The summed E-state index contributed by atoms with van der Waals surface area (Å²) in [5.74, 6) is 0.621. The highest BCUT2D eigenvalue weighted by molar-refractivity contribution is 7.92. The molecule has 130 valence electrons. The monoisotopic (exact) mass is 354 g/mol. The van der Waals surface area contributed by atoms with Gasteiger partial charge in [-0.2, -0.15) is 0 Å². The van der Waals surface area contributed by atoms with E-state index in [2.05, 4.69) is 21.8 Å². The van der Waals surface area contributed by atoms with E-state index in [0.29, 0.717) is 11.6 Å². The number of hydrogen-bond acceptors (Lipinski definition) is 2. The maximum absolute atomic E-state index is 12.6. The first-order valence-electron chi connectivity index (χ1n) is 8.82. The quantitative estimate of drug-likeness (QED) is 0.691. The van der Waals surface area contributed by atoms with Gasteiger partial charge < -0.3 is 4.98 Å². The fraction of sp³-hybridized carbons (Fsp3) is 0.300. The molecule has 5 heteroatoms. The summed E-state index contributed by atoms with van der Waals surface area (Å²) >= 11 is 0. The van der Waals surface area contributed by atoms with Crippen LogP contribution in [0.1, 0.15) is 43.6 Å². The number of rotatable bonds is 4. The second-order valence-electron chi connectivity index (χ2n) is 6.79. The lowest BCUT2D eigenvalue weighted by molar-refractivity contribution is 0.443. The van der Waals surface area contributed by atoms with Gasteiger partial charge in [-0.1, -0.05) is 31.4 Å². The number of nitrogens with one attached hydrogen (secondary N) is 2. The number of anilines is 1. The van der Waals surface area contributed by atoms with Gasteiger partial charge >= 0.3 is 0 Å². The molecule has 1 heterocycles. The first-order chi connectivity index (χ1) is 12.1. The minimum atomic E-state index is -3.58. The molecule has 1 aromatic heterocycles. The first-order valence-corrected chi connectivity index (χ1v) is 10.3. The van der Waals surface area contributed by atoms with Crippen molar-refractivity contribution in [2.75, 3.05) is 4.72 Å². The van der Waals surface area contributed by atoms with Gasteiger partial charge in [-0.15, -0.1) is 0 Å². The molecule has 0 unspecified atom stereocenters. The number of fused-ring (bicyclic) bond motifs is 1. The van der Waals surface area contributed by atoms with Gasteiger partial charge in [0, 0.05) is 22.8 Å². The van der Waals surface area contributed by atoms with Crippen LogP contribution in [-0.4, -0.2) is 13.4 Å². The number of H-pyrrole nitrogens is 1. The summed E-state index contributed by atoms with van der Waals surface area (Å²) < 4.78 is 27.9. The first kappa shape index (κ1) is 16.2. The highest BCUT2D eigenvalue weighted by atomic mass is 32.2. The summed E-state index contributed by atoms with van der Waals surface area (Å²) in [6.45, 7) is 0. The van der Waals surface area contributed by atoms with Crippen LogP contribution in [0.15, 0.2) is 59.6 Å². The molecular formula is C20H22N2O2S. The van der Waals surface area contributed by atoms with Crippen molar-refractivity contribution in [1.29, 1.82) is 0 Å². The Balaban J connectivity index is 1.53. The molecule has 0 aliphatic heterocycles. The summed E-state index contributed by atoms with van der Waals surface area (Å²) in [5, 5.41) is 0.885. The van der Waals surface area contributed by atoms with Crippen LogP contribution in [0.2, 0.25) is 0 Å². The Morgan fingerprint density at radius 1 is 0.920 bits per heavy atom. The van der Waals surface area contributed by atoms with E-state index in [1.54, 1.807) is 24.4 Å². The van der Waals surface area contributed by atoms with E-state index < -0.39 is 10.0 Å². The molecule has 25 heavy (non-hydrogen) atoms. The van der Waals surface area contributed by atoms with Crippen molar-refractivity contribution in [3.8, 4) is 0 Å². The van der Waals surface area contributed by atoms with Gasteiger partial charge in [0.2, 0.25) is 0 Å². The Morgan fingerprint density at radius 2 is 1.68 bits per heavy atom. The molecule has 0 bridgehead atoms. The average molecular weight is 354 g/mol. The fourth-order valence-electron chi connectivity index (χ4n) is 3.67. The minimum absolute atomic E-state index is 0.274. The lowest BCUT2D eigenvalue weighted by Gasteiger charge is -2.22. The van der Waals surface area contributed by atoms with E-state index in [-0.39, 0.29) is 4.90 Å². The molecule has 1 aliphatic carbocycles. The molecule has 4 nitrogen and oxygen atoms in total. The number of benzene rings is 2. The van der Waals surface area contributed by atoms with Crippen molar-refractivity contribution in [2.45, 2.75) is 42.9 Å². The van der Waals surface area contributed by atoms with Crippen molar-refractivity contribution in [3.63, 3.8) is 0 Å². The molecule has 0 amide bonds. The van der Waals surface area contributed by atoms with E-state index in [0.717, 1.165) is 10.9 Å². The molecule has 1 saturated carbocycles. The molecular weight excluding hydrogens is 332 g/mol. The van der Waals surface area contributed by atoms with Gasteiger partial charge in [0.25, 0.3) is 10.0 Å². The van der Waals surface area contributed by atoms with Crippen LogP contribution in [0, 0.1) is 0 Å². The fourth-order valence-corrected chi connectivity index (χ4v) is 4.77. The molecule has 0 radical (unpaired) electrons. The van der Waals surface area contributed by atoms with E-state index in [1.807, 2.05) is 18.2 Å². The molecule has 2 aromatic carbocycles. The zero-order valence-corrected chi connectivity index (χ0v) is 14.9. The van der Waals surface area contributed by atoms with Crippen LogP contribution in [0.4, 0.5) is 5.69 Å². The van der Waals surface area contributed by atoms with Gasteiger partial charge in [-0.3, -0.25) is 4.72 Å². The minimum Gasteiger partial charge on any atom is -0.361 e. The Bertz CT molecular complexity index is 968. The largest absolute Gasteiger partial charge is 0.361 e. The standard InChI is InChI=1S/C20H22N2O2S/c23-25(24,19-10-11-20-17(14-19)12-13-21-20)22-18-8-6-16(7-9-18)15-4-2-1-3-5-15/h6-15,21-22H,1-5H2. The molecule has 1 aliphatic rings. The van der Waals surface area contributed by atoms with Gasteiger partial charge in [0.15, 0.2) is 0 Å². The smallest absolute Gasteiger partial charge is 0.261 e. The summed E-state index contributed by atoms with van der Waals surface area (Å²) in [6, 6.07) is 14.8. The van der Waals surface area contributed by atoms with Gasteiger partial charge in [-0.25, -0.2) is 8.42 Å². The third kappa shape index (κ3) is 3.42. The maximum Gasteiger partial charge on any atom is 0.261 e. The predicted molar refractivity (Wildman–Crippen MR) is 101 cm³/mol. The van der Waals surface area contributed by atoms with Crippen LogP contribution < -0.4 is 4.72 Å². The zero-order valence-electron chi connectivity index (χ0n) is 14.0. The third-order valence-corrected chi connectivity index (χ3v) is 6.45. The van der Waals surface area contributed by atoms with E-state index in [4.69, 9.17) is 0 Å². The second-order valence-corrected chi connectivity index (χ2v) is 8.47. The highest BCUT2D eigenvalue weighted by Crippen LogP contribution is 2.33. The molecule has 3 aromatic rings. The van der Waals surface area contributed by atoms with Crippen LogP contribution in [0.25, 0.3) is 10.9 Å². The van der Waals surface area contributed by atoms with Crippen LogP contribution in [-0.2, 0) is 10.0 Å². The van der Waals surface area contributed by atoms with Crippen molar-refractivity contribution >= 4 is 26.6 Å². The van der Waals surface area contributed by atoms with Gasteiger partial charge in [0.05, 0.1) is 4.90 Å². The number of aromatic amines is 1. The van der Waals surface area contributed by atoms with E-state index in [1.165, 1.54) is 37.7 Å². The van der Waals surface area contributed by atoms with E-state index >= 15 is 0 Å². The Kier molecular flexibility index (Phi) is 4.25. The summed E-state index contributed by atoms with van der Waals surface area (Å²) in [6.07, 6.45) is 8.20. The molecule has 2 N–H and O–H groups in total. The summed E-state index contributed by atoms with van der Waals surface area (Å²) in [4.78, 5) is 3.34. The number of aromatic nitrogens is 1. The second kappa shape index (κ2) is 6.56. The van der Waals surface area contributed by atoms with Gasteiger partial charge in [0.1, 0.15) is 0 Å². The normalized spacial score (nSPS) is 16.2. The molecule has 0 atom stereocenters. The van der Waals surface area contributed by atoms with Crippen molar-refractivity contribution < 1.29 is 8.42 Å². The Labute approximate surface area is 148 Å². The van der Waals surface area contributed by atoms with Crippen molar-refractivity contribution in [1.82, 2.24) is 4.98 Å². The van der Waals surface area contributed by atoms with Crippen molar-refractivity contribution in [3.05, 3.63) is 60.3 Å². The van der Waals surface area contributed by atoms with Gasteiger partial charge in [-0.05, 0) is 60.7 Å². The zero-order chi connectivity index (χ0) is 17.3. The maximum atomic E-state index is 12.6. The van der Waals surface area contributed by atoms with Crippen molar-refractivity contribution in [2.24, 2.45) is 0 Å². The highest BCUT2D eigenvalue weighted by Gasteiger charge is 2.17. The predicted octanol–water partition coefficient (Wildman–Crippen LogP) is 5.02. The topological polar surface area (TPSA) is 62.0 Å². The molecule has 0 spiro atoms. The van der Waals surface area contributed by atoms with Crippen LogP contribution in [0.3, 0.4) is 0 Å². The van der Waals surface area contributed by atoms with Crippen LogP contribution in [0.5, 0.6) is 0 Å². The summed E-state index contributed by atoms with van der Waals surface area (Å²) in [7, 11) is -3.58. The van der Waals surface area contributed by atoms with E-state index in [9.17, 15) is 8.42 Å². The number of sulfonamides is 1. The third-order valence-electron chi connectivity index (χ3n) is 5.07. The summed E-state index contributed by atoms with van der Waals surface area (Å²) in [5.41, 5.74) is 2.85. The number of hydrogen-bond donors (Lipinski definition) is 2. The molecule has 4 rings (SSSR count). The molecule has 1 fully saturated rings. The SMILES string of the molecule is O=S(=O)(Nc1ccc(C2CCCCC2)cc1)c1ccc2[nH]ccc2c1. The Hall–Kier alpha value is -2.27. The molecule has 0 saturated heterocycles. The average Bonchev–Trinajstić information content (AvgIpc) is 3.10. The Morgan fingerprint density at radius 3 is 2.44 bits per heavy atom.